The maximum Gasteiger partial charge on any atom is 0.350 e. The number of aryl methyl sites for hydroxylation is 1. The molecule has 2 aromatic heterocycles. The van der Waals surface area contributed by atoms with E-state index >= 15 is 0 Å². The van der Waals surface area contributed by atoms with Gasteiger partial charge < -0.3 is 10.1 Å². The number of hydrogen-bond acceptors (Lipinski definition) is 7. The number of aromatic nitrogens is 1. The van der Waals surface area contributed by atoms with Crippen LogP contribution in [-0.4, -0.2) is 29.3 Å². The van der Waals surface area contributed by atoms with Crippen LogP contribution in [0.15, 0.2) is 72.1 Å². The first-order valence-corrected chi connectivity index (χ1v) is 11.4. The quantitative estimate of drug-likeness (QED) is 0.291. The van der Waals surface area contributed by atoms with E-state index in [-0.39, 0.29) is 18.3 Å². The lowest BCUT2D eigenvalue weighted by molar-refractivity contribution is 0.0478. The number of nitrogens with zero attached hydrogens (tertiary/aromatic N) is 1. The fourth-order valence-corrected chi connectivity index (χ4v) is 4.66. The summed E-state index contributed by atoms with van der Waals surface area (Å²) >= 11 is 2.80. The van der Waals surface area contributed by atoms with E-state index in [4.69, 9.17) is 4.74 Å². The summed E-state index contributed by atoms with van der Waals surface area (Å²) in [6, 6.07) is 19.2. The zero-order chi connectivity index (χ0) is 22.5. The van der Waals surface area contributed by atoms with Gasteiger partial charge in [0, 0.05) is 16.8 Å². The van der Waals surface area contributed by atoms with Crippen molar-refractivity contribution in [1.29, 1.82) is 0 Å². The van der Waals surface area contributed by atoms with Crippen molar-refractivity contribution >= 4 is 46.0 Å². The normalized spacial score (nSPS) is 10.5. The highest BCUT2D eigenvalue weighted by Gasteiger charge is 2.19. The number of ketones is 1. The number of thiophene rings is 1. The second kappa shape index (κ2) is 9.67. The van der Waals surface area contributed by atoms with Gasteiger partial charge in [-0.1, -0.05) is 24.3 Å². The van der Waals surface area contributed by atoms with E-state index in [0.29, 0.717) is 27.4 Å². The van der Waals surface area contributed by atoms with Crippen molar-refractivity contribution in [1.82, 2.24) is 4.98 Å². The van der Waals surface area contributed by atoms with Gasteiger partial charge in [0.2, 0.25) is 0 Å². The van der Waals surface area contributed by atoms with Crippen molar-refractivity contribution in [3.05, 3.63) is 93.8 Å². The zero-order valence-electron chi connectivity index (χ0n) is 17.0. The third kappa shape index (κ3) is 4.99. The van der Waals surface area contributed by atoms with Crippen molar-refractivity contribution in [2.75, 3.05) is 11.9 Å². The van der Waals surface area contributed by atoms with Gasteiger partial charge >= 0.3 is 5.97 Å². The highest BCUT2D eigenvalue weighted by molar-refractivity contribution is 7.22. The average Bonchev–Trinajstić information content (AvgIpc) is 3.48. The number of rotatable bonds is 7. The van der Waals surface area contributed by atoms with Gasteiger partial charge in [-0.05, 0) is 54.8 Å². The number of Topliss-reactive ketones (excluding diaryl/α,β-unsaturated/α-hetero) is 1. The Morgan fingerprint density at radius 3 is 2.38 bits per heavy atom. The smallest absolute Gasteiger partial charge is 0.350 e. The van der Waals surface area contributed by atoms with E-state index in [1.807, 2.05) is 23.6 Å². The summed E-state index contributed by atoms with van der Waals surface area (Å²) in [5, 5.41) is 5.47. The van der Waals surface area contributed by atoms with E-state index in [1.54, 1.807) is 66.8 Å². The van der Waals surface area contributed by atoms with Crippen LogP contribution in [0.5, 0.6) is 0 Å². The Kier molecular flexibility index (Phi) is 6.53. The maximum atomic E-state index is 12.4. The number of ether oxygens (including phenoxy) is 1. The second-order valence-electron chi connectivity index (χ2n) is 6.81. The van der Waals surface area contributed by atoms with Gasteiger partial charge in [0.1, 0.15) is 9.88 Å². The van der Waals surface area contributed by atoms with E-state index < -0.39 is 5.97 Å². The molecule has 0 spiro atoms. The predicted octanol–water partition coefficient (Wildman–Crippen LogP) is 5.47. The van der Waals surface area contributed by atoms with Crippen molar-refractivity contribution in [2.45, 2.75) is 6.92 Å². The minimum absolute atomic E-state index is 0.236. The van der Waals surface area contributed by atoms with Gasteiger partial charge in [0.05, 0.1) is 10.6 Å². The minimum atomic E-state index is -0.567. The van der Waals surface area contributed by atoms with Gasteiger partial charge in [-0.15, -0.1) is 22.7 Å². The molecule has 2 aromatic carbocycles. The van der Waals surface area contributed by atoms with Gasteiger partial charge in [-0.25, -0.2) is 9.78 Å². The van der Waals surface area contributed by atoms with Gasteiger partial charge in [-0.3, -0.25) is 9.59 Å². The molecule has 0 atom stereocenters. The molecule has 1 N–H and O–H groups in total. The summed E-state index contributed by atoms with van der Waals surface area (Å²) < 4.78 is 5.22. The minimum Gasteiger partial charge on any atom is -0.453 e. The van der Waals surface area contributed by atoms with Crippen LogP contribution < -0.4 is 5.32 Å². The molecule has 0 bridgehead atoms. The van der Waals surface area contributed by atoms with Crippen LogP contribution >= 0.6 is 22.7 Å². The summed E-state index contributed by atoms with van der Waals surface area (Å²) in [6.07, 6.45) is 0. The molecule has 32 heavy (non-hydrogen) atoms. The first kappa shape index (κ1) is 21.6. The number of benzene rings is 2. The number of hydrogen-bond donors (Lipinski definition) is 1. The van der Waals surface area contributed by atoms with Crippen molar-refractivity contribution in [3.63, 3.8) is 0 Å². The van der Waals surface area contributed by atoms with Crippen LogP contribution in [0.25, 0.3) is 9.88 Å². The van der Waals surface area contributed by atoms with Gasteiger partial charge in [0.25, 0.3) is 5.91 Å². The zero-order valence-corrected chi connectivity index (χ0v) is 18.7. The van der Waals surface area contributed by atoms with Crippen molar-refractivity contribution in [3.8, 4) is 9.88 Å². The highest BCUT2D eigenvalue weighted by atomic mass is 32.1. The molecule has 0 saturated carbocycles. The molecule has 0 unspecified atom stereocenters. The molecule has 0 fully saturated rings. The number of carbonyl (C=O) groups excluding carboxylic acids is 3. The topological polar surface area (TPSA) is 85.4 Å². The fraction of sp³-hybridized carbons (Fsp3) is 0.0833. The number of thiazole rings is 1. The number of carbonyl (C=O) groups is 3. The Morgan fingerprint density at radius 1 is 0.938 bits per heavy atom. The second-order valence-corrected chi connectivity index (χ2v) is 8.75. The lowest BCUT2D eigenvalue weighted by Gasteiger charge is -2.07. The van der Waals surface area contributed by atoms with Gasteiger partial charge in [0.15, 0.2) is 12.4 Å². The van der Waals surface area contributed by atoms with Crippen molar-refractivity contribution in [2.24, 2.45) is 0 Å². The highest BCUT2D eigenvalue weighted by Crippen LogP contribution is 2.31. The Morgan fingerprint density at radius 2 is 1.69 bits per heavy atom. The molecule has 0 aliphatic carbocycles. The standard InChI is InChI=1S/C24H18N2O4S2/c1-15-21(32-23(25-15)20-8-5-13-31-20)24(29)30-14-19(27)16-9-11-18(12-10-16)26-22(28)17-6-3-2-4-7-17/h2-13H,14H2,1H3,(H,26,28). The largest absolute Gasteiger partial charge is 0.453 e. The van der Waals surface area contributed by atoms with Crippen LogP contribution in [0.1, 0.15) is 36.1 Å². The first-order valence-electron chi connectivity index (χ1n) is 9.69. The summed E-state index contributed by atoms with van der Waals surface area (Å²) in [7, 11) is 0. The molecule has 1 amide bonds. The van der Waals surface area contributed by atoms with E-state index in [9.17, 15) is 14.4 Å². The van der Waals surface area contributed by atoms with E-state index in [0.717, 1.165) is 9.88 Å². The molecular formula is C24H18N2O4S2. The molecule has 0 aliphatic heterocycles. The molecule has 6 nitrogen and oxygen atoms in total. The predicted molar refractivity (Wildman–Crippen MR) is 126 cm³/mol. The SMILES string of the molecule is Cc1nc(-c2cccs2)sc1C(=O)OCC(=O)c1ccc(NC(=O)c2ccccc2)cc1. The average molecular weight is 463 g/mol. The summed E-state index contributed by atoms with van der Waals surface area (Å²) in [6.45, 7) is 1.37. The molecule has 8 heteroatoms. The Balaban J connectivity index is 1.34. The maximum absolute atomic E-state index is 12.4. The number of amides is 1. The fourth-order valence-electron chi connectivity index (χ4n) is 2.90. The lowest BCUT2D eigenvalue weighted by Crippen LogP contribution is -2.15. The molecule has 2 heterocycles. The molecule has 0 aliphatic rings. The third-order valence-electron chi connectivity index (χ3n) is 4.55. The van der Waals surface area contributed by atoms with Gasteiger partial charge in [-0.2, -0.15) is 0 Å². The van der Waals surface area contributed by atoms with Crippen LogP contribution in [0, 0.1) is 6.92 Å². The van der Waals surface area contributed by atoms with Crippen molar-refractivity contribution < 1.29 is 19.1 Å². The summed E-state index contributed by atoms with van der Waals surface area (Å²) in [5.41, 5.74) is 2.07. The molecule has 4 aromatic rings. The molecule has 160 valence electrons. The molecule has 4 rings (SSSR count). The number of nitrogens with one attached hydrogen (secondary N) is 1. The molecule has 0 radical (unpaired) electrons. The monoisotopic (exact) mass is 462 g/mol. The van der Waals surface area contributed by atoms with E-state index in [2.05, 4.69) is 10.3 Å². The van der Waals surface area contributed by atoms with Crippen LogP contribution in [0.2, 0.25) is 0 Å². The van der Waals surface area contributed by atoms with Crippen LogP contribution in [-0.2, 0) is 4.74 Å². The summed E-state index contributed by atoms with van der Waals surface area (Å²) in [5.74, 6) is -1.14. The lowest BCUT2D eigenvalue weighted by atomic mass is 10.1. The van der Waals surface area contributed by atoms with Crippen LogP contribution in [0.3, 0.4) is 0 Å². The molecular weight excluding hydrogens is 444 g/mol. The Labute approximate surface area is 192 Å². The number of esters is 1. The van der Waals surface area contributed by atoms with E-state index in [1.165, 1.54) is 11.3 Å². The van der Waals surface area contributed by atoms with Crippen LogP contribution in [0.4, 0.5) is 5.69 Å². The Hall–Kier alpha value is -3.62. The third-order valence-corrected chi connectivity index (χ3v) is 6.73. The Bertz CT molecular complexity index is 1250. The summed E-state index contributed by atoms with van der Waals surface area (Å²) in [4.78, 5) is 42.9. The molecule has 0 saturated heterocycles. The number of anilines is 1. The first-order chi connectivity index (χ1) is 15.5.